The van der Waals surface area contributed by atoms with Gasteiger partial charge in [0.15, 0.2) is 0 Å². The van der Waals surface area contributed by atoms with Gasteiger partial charge in [0, 0.05) is 25.6 Å². The Hall–Kier alpha value is -1.55. The smallest absolute Gasteiger partial charge is 0.221 e. The first-order chi connectivity index (χ1) is 8.24. The molecule has 1 fully saturated rings. The standard InChI is InChI=1S/C13H18N2O2/c16-12-5-3-10(4-6-12)9-15-11-2-1-7-14-13(17)8-11/h3-6,11,15-16H,1-2,7-9H2,(H,14,17). The zero-order chi connectivity index (χ0) is 12.1. The van der Waals surface area contributed by atoms with Crippen molar-refractivity contribution in [3.8, 4) is 5.75 Å². The van der Waals surface area contributed by atoms with Crippen molar-refractivity contribution in [1.29, 1.82) is 0 Å². The molecule has 0 spiro atoms. The van der Waals surface area contributed by atoms with Crippen molar-refractivity contribution < 1.29 is 9.90 Å². The number of benzene rings is 1. The molecule has 92 valence electrons. The van der Waals surface area contributed by atoms with Crippen LogP contribution in [-0.2, 0) is 11.3 Å². The van der Waals surface area contributed by atoms with Gasteiger partial charge in [0.2, 0.25) is 5.91 Å². The van der Waals surface area contributed by atoms with Crippen LogP contribution in [0.4, 0.5) is 0 Å². The topological polar surface area (TPSA) is 61.4 Å². The van der Waals surface area contributed by atoms with Crippen molar-refractivity contribution >= 4 is 5.91 Å². The fraction of sp³-hybridized carbons (Fsp3) is 0.462. The van der Waals surface area contributed by atoms with Gasteiger partial charge in [-0.25, -0.2) is 0 Å². The van der Waals surface area contributed by atoms with Crippen molar-refractivity contribution in [3.05, 3.63) is 29.8 Å². The number of rotatable bonds is 3. The Labute approximate surface area is 101 Å². The summed E-state index contributed by atoms with van der Waals surface area (Å²) in [5.41, 5.74) is 1.12. The summed E-state index contributed by atoms with van der Waals surface area (Å²) < 4.78 is 0. The molecule has 0 aromatic heterocycles. The Morgan fingerprint density at radius 2 is 2.12 bits per heavy atom. The second-order valence-electron chi connectivity index (χ2n) is 4.44. The van der Waals surface area contributed by atoms with Crippen LogP contribution < -0.4 is 10.6 Å². The van der Waals surface area contributed by atoms with Crippen LogP contribution >= 0.6 is 0 Å². The van der Waals surface area contributed by atoms with E-state index in [0.29, 0.717) is 6.42 Å². The summed E-state index contributed by atoms with van der Waals surface area (Å²) in [7, 11) is 0. The monoisotopic (exact) mass is 234 g/mol. The molecule has 4 nitrogen and oxygen atoms in total. The molecular formula is C13H18N2O2. The summed E-state index contributed by atoms with van der Waals surface area (Å²) in [5, 5.41) is 15.4. The molecule has 1 unspecified atom stereocenters. The fourth-order valence-corrected chi connectivity index (χ4v) is 2.02. The van der Waals surface area contributed by atoms with Crippen LogP contribution in [-0.4, -0.2) is 23.6 Å². The van der Waals surface area contributed by atoms with Crippen LogP contribution in [0, 0.1) is 0 Å². The zero-order valence-electron chi connectivity index (χ0n) is 9.78. The normalized spacial score (nSPS) is 20.7. The maximum absolute atomic E-state index is 11.4. The predicted octanol–water partition coefficient (Wildman–Crippen LogP) is 1.15. The largest absolute Gasteiger partial charge is 0.508 e. The minimum atomic E-state index is 0.130. The Morgan fingerprint density at radius 3 is 2.88 bits per heavy atom. The lowest BCUT2D eigenvalue weighted by atomic mass is 10.1. The summed E-state index contributed by atoms with van der Waals surface area (Å²) >= 11 is 0. The Morgan fingerprint density at radius 1 is 1.35 bits per heavy atom. The van der Waals surface area contributed by atoms with Crippen molar-refractivity contribution in [2.45, 2.75) is 31.8 Å². The molecule has 0 saturated carbocycles. The summed E-state index contributed by atoms with van der Waals surface area (Å²) in [5.74, 6) is 0.410. The molecule has 0 aliphatic carbocycles. The van der Waals surface area contributed by atoms with Gasteiger partial charge in [-0.2, -0.15) is 0 Å². The zero-order valence-corrected chi connectivity index (χ0v) is 9.78. The van der Waals surface area contributed by atoms with E-state index in [1.165, 1.54) is 0 Å². The number of phenolic OH excluding ortho intramolecular Hbond substituents is 1. The summed E-state index contributed by atoms with van der Waals surface area (Å²) in [4.78, 5) is 11.4. The number of nitrogens with one attached hydrogen (secondary N) is 2. The highest BCUT2D eigenvalue weighted by molar-refractivity contribution is 5.76. The van der Waals surface area contributed by atoms with Crippen LogP contribution in [0.1, 0.15) is 24.8 Å². The lowest BCUT2D eigenvalue weighted by molar-refractivity contribution is -0.121. The van der Waals surface area contributed by atoms with E-state index in [-0.39, 0.29) is 17.7 Å². The Kier molecular flexibility index (Phi) is 3.98. The van der Waals surface area contributed by atoms with Crippen LogP contribution in [0.25, 0.3) is 0 Å². The van der Waals surface area contributed by atoms with E-state index < -0.39 is 0 Å². The molecule has 1 aliphatic heterocycles. The maximum atomic E-state index is 11.4. The molecule has 1 aliphatic rings. The molecule has 1 saturated heterocycles. The van der Waals surface area contributed by atoms with E-state index in [2.05, 4.69) is 10.6 Å². The highest BCUT2D eigenvalue weighted by Gasteiger charge is 2.16. The first kappa shape index (κ1) is 11.9. The first-order valence-corrected chi connectivity index (χ1v) is 6.02. The molecule has 1 atom stereocenters. The van der Waals surface area contributed by atoms with E-state index in [1.807, 2.05) is 12.1 Å². The molecule has 1 amide bonds. The molecular weight excluding hydrogens is 216 g/mol. The molecule has 17 heavy (non-hydrogen) atoms. The molecule has 1 heterocycles. The van der Waals surface area contributed by atoms with E-state index in [4.69, 9.17) is 0 Å². The average Bonchev–Trinajstić information content (AvgIpc) is 2.53. The van der Waals surface area contributed by atoms with Crippen molar-refractivity contribution in [2.24, 2.45) is 0 Å². The van der Waals surface area contributed by atoms with Crippen molar-refractivity contribution in [3.63, 3.8) is 0 Å². The Balaban J connectivity index is 1.84. The predicted molar refractivity (Wildman–Crippen MR) is 65.6 cm³/mol. The summed E-state index contributed by atoms with van der Waals surface area (Å²) in [6, 6.07) is 7.39. The quantitative estimate of drug-likeness (QED) is 0.735. The minimum absolute atomic E-state index is 0.130. The molecule has 0 bridgehead atoms. The number of aromatic hydroxyl groups is 1. The van der Waals surface area contributed by atoms with E-state index in [9.17, 15) is 9.90 Å². The van der Waals surface area contributed by atoms with Crippen molar-refractivity contribution in [2.75, 3.05) is 6.54 Å². The van der Waals surface area contributed by atoms with Crippen LogP contribution in [0.2, 0.25) is 0 Å². The minimum Gasteiger partial charge on any atom is -0.508 e. The van der Waals surface area contributed by atoms with Gasteiger partial charge in [0.1, 0.15) is 5.75 Å². The third-order valence-electron chi connectivity index (χ3n) is 3.01. The van der Waals surface area contributed by atoms with Gasteiger partial charge in [-0.3, -0.25) is 4.79 Å². The number of hydrogen-bond acceptors (Lipinski definition) is 3. The number of hydrogen-bond donors (Lipinski definition) is 3. The number of carbonyl (C=O) groups is 1. The van der Waals surface area contributed by atoms with E-state index in [0.717, 1.165) is 31.5 Å². The van der Waals surface area contributed by atoms with Crippen LogP contribution in [0.3, 0.4) is 0 Å². The Bertz CT molecular complexity index is 376. The second kappa shape index (κ2) is 5.68. The summed E-state index contributed by atoms with van der Waals surface area (Å²) in [6.45, 7) is 1.52. The third-order valence-corrected chi connectivity index (χ3v) is 3.01. The summed E-state index contributed by atoms with van der Waals surface area (Å²) in [6.07, 6.45) is 2.61. The van der Waals surface area contributed by atoms with Gasteiger partial charge in [0.25, 0.3) is 0 Å². The maximum Gasteiger partial charge on any atom is 0.221 e. The van der Waals surface area contributed by atoms with Crippen LogP contribution in [0.5, 0.6) is 5.75 Å². The number of carbonyl (C=O) groups excluding carboxylic acids is 1. The second-order valence-corrected chi connectivity index (χ2v) is 4.44. The van der Waals surface area contributed by atoms with Gasteiger partial charge < -0.3 is 15.7 Å². The highest BCUT2D eigenvalue weighted by atomic mass is 16.3. The number of amides is 1. The van der Waals surface area contributed by atoms with Gasteiger partial charge in [-0.1, -0.05) is 12.1 Å². The van der Waals surface area contributed by atoms with Crippen LogP contribution in [0.15, 0.2) is 24.3 Å². The lowest BCUT2D eigenvalue weighted by Crippen LogP contribution is -2.32. The van der Waals surface area contributed by atoms with Gasteiger partial charge in [-0.15, -0.1) is 0 Å². The third kappa shape index (κ3) is 3.75. The number of phenols is 1. The van der Waals surface area contributed by atoms with E-state index in [1.54, 1.807) is 12.1 Å². The highest BCUT2D eigenvalue weighted by Crippen LogP contribution is 2.11. The molecule has 1 aromatic carbocycles. The van der Waals surface area contributed by atoms with E-state index >= 15 is 0 Å². The molecule has 0 radical (unpaired) electrons. The van der Waals surface area contributed by atoms with Gasteiger partial charge in [-0.05, 0) is 30.5 Å². The SMILES string of the molecule is O=C1CC(NCc2ccc(O)cc2)CCCN1. The molecule has 3 N–H and O–H groups in total. The fourth-order valence-electron chi connectivity index (χ4n) is 2.02. The molecule has 4 heteroatoms. The first-order valence-electron chi connectivity index (χ1n) is 6.02. The molecule has 2 rings (SSSR count). The van der Waals surface area contributed by atoms with Crippen molar-refractivity contribution in [1.82, 2.24) is 10.6 Å². The molecule has 1 aromatic rings. The van der Waals surface area contributed by atoms with Gasteiger partial charge >= 0.3 is 0 Å². The van der Waals surface area contributed by atoms with Gasteiger partial charge in [0.05, 0.1) is 0 Å². The average molecular weight is 234 g/mol. The lowest BCUT2D eigenvalue weighted by Gasteiger charge is -2.15.